The molecule has 5 heteroatoms. The summed E-state index contributed by atoms with van der Waals surface area (Å²) < 4.78 is 0. The molecule has 0 amide bonds. The molecule has 3 N–H and O–H groups in total. The summed E-state index contributed by atoms with van der Waals surface area (Å²) in [6.07, 6.45) is 8.14. The van der Waals surface area contributed by atoms with Crippen LogP contribution in [0.1, 0.15) is 24.2 Å². The summed E-state index contributed by atoms with van der Waals surface area (Å²) in [7, 11) is 0. The van der Waals surface area contributed by atoms with Gasteiger partial charge in [-0.15, -0.1) is 0 Å². The Labute approximate surface area is 105 Å². The second-order valence-electron chi connectivity index (χ2n) is 3.79. The molecule has 2 aromatic heterocycles. The molecule has 2 unspecified atom stereocenters. The molecular formula is C12H16N4S. The third kappa shape index (κ3) is 3.08. The molecule has 0 bridgehead atoms. The molecule has 4 nitrogen and oxygen atoms in total. The van der Waals surface area contributed by atoms with E-state index in [0.29, 0.717) is 0 Å². The van der Waals surface area contributed by atoms with E-state index in [0.717, 1.165) is 17.1 Å². The lowest BCUT2D eigenvalue weighted by molar-refractivity contribution is 0.631. The van der Waals surface area contributed by atoms with Gasteiger partial charge in [0.15, 0.2) is 5.16 Å². The van der Waals surface area contributed by atoms with Crippen LogP contribution in [0.15, 0.2) is 42.1 Å². The van der Waals surface area contributed by atoms with E-state index < -0.39 is 0 Å². The first-order valence-electron chi connectivity index (χ1n) is 5.62. The number of aromatic nitrogens is 3. The Morgan fingerprint density at radius 1 is 1.47 bits per heavy atom. The van der Waals surface area contributed by atoms with Crippen LogP contribution in [0.5, 0.6) is 0 Å². The summed E-state index contributed by atoms with van der Waals surface area (Å²) in [5.74, 6) is 0. The van der Waals surface area contributed by atoms with Gasteiger partial charge in [-0.3, -0.25) is 4.98 Å². The Bertz CT molecular complexity index is 429. The van der Waals surface area contributed by atoms with Gasteiger partial charge in [-0.1, -0.05) is 24.8 Å². The van der Waals surface area contributed by atoms with Crippen LogP contribution >= 0.6 is 11.8 Å². The number of pyridine rings is 1. The summed E-state index contributed by atoms with van der Waals surface area (Å²) in [6, 6.07) is 4.09. The summed E-state index contributed by atoms with van der Waals surface area (Å²) in [5.41, 5.74) is 7.32. The molecule has 2 atom stereocenters. The van der Waals surface area contributed by atoms with Gasteiger partial charge in [0.1, 0.15) is 0 Å². The van der Waals surface area contributed by atoms with Crippen molar-refractivity contribution in [2.45, 2.75) is 29.8 Å². The third-order valence-corrected chi connectivity index (χ3v) is 3.91. The minimum absolute atomic E-state index is 0.0919. The van der Waals surface area contributed by atoms with Crippen molar-refractivity contribution in [2.24, 2.45) is 5.73 Å². The van der Waals surface area contributed by atoms with Crippen LogP contribution in [0.25, 0.3) is 0 Å². The quantitative estimate of drug-likeness (QED) is 0.797. The van der Waals surface area contributed by atoms with Crippen molar-refractivity contribution in [1.82, 2.24) is 15.0 Å². The number of aromatic amines is 1. The predicted molar refractivity (Wildman–Crippen MR) is 69.7 cm³/mol. The standard InChI is InChI=1S/C12H16N4S/c1-2-10(13)11(9-4-3-5-14-8-9)17-12-15-6-7-16-12/h3-8,10-11H,2,13H2,1H3,(H,15,16). The number of H-pyrrole nitrogens is 1. The van der Waals surface area contributed by atoms with Gasteiger partial charge in [0, 0.05) is 30.8 Å². The van der Waals surface area contributed by atoms with Crippen molar-refractivity contribution >= 4 is 11.8 Å². The van der Waals surface area contributed by atoms with Crippen LogP contribution in [0, 0.1) is 0 Å². The summed E-state index contributed by atoms with van der Waals surface area (Å²) in [6.45, 7) is 2.09. The molecule has 2 rings (SSSR count). The summed E-state index contributed by atoms with van der Waals surface area (Å²) in [5, 5.41) is 1.07. The lowest BCUT2D eigenvalue weighted by Gasteiger charge is -2.21. The van der Waals surface area contributed by atoms with Gasteiger partial charge in [0.2, 0.25) is 0 Å². The maximum Gasteiger partial charge on any atom is 0.165 e. The number of rotatable bonds is 5. The zero-order valence-corrected chi connectivity index (χ0v) is 10.5. The Morgan fingerprint density at radius 3 is 2.94 bits per heavy atom. The van der Waals surface area contributed by atoms with Gasteiger partial charge < -0.3 is 10.7 Å². The molecule has 0 saturated heterocycles. The second kappa shape index (κ2) is 5.84. The van der Waals surface area contributed by atoms with E-state index in [9.17, 15) is 0 Å². The van der Waals surface area contributed by atoms with Gasteiger partial charge in [-0.05, 0) is 18.1 Å². The molecule has 0 aliphatic heterocycles. The second-order valence-corrected chi connectivity index (χ2v) is 4.92. The van der Waals surface area contributed by atoms with E-state index in [1.54, 1.807) is 24.2 Å². The van der Waals surface area contributed by atoms with Crippen molar-refractivity contribution in [2.75, 3.05) is 0 Å². The monoisotopic (exact) mass is 248 g/mol. The molecule has 0 fully saturated rings. The molecule has 2 heterocycles. The average molecular weight is 248 g/mol. The first-order valence-corrected chi connectivity index (χ1v) is 6.50. The Balaban J connectivity index is 2.20. The van der Waals surface area contributed by atoms with Crippen molar-refractivity contribution in [3.8, 4) is 0 Å². The maximum absolute atomic E-state index is 6.18. The van der Waals surface area contributed by atoms with Crippen LogP contribution < -0.4 is 5.73 Å². The highest BCUT2D eigenvalue weighted by molar-refractivity contribution is 7.99. The topological polar surface area (TPSA) is 67.6 Å². The highest BCUT2D eigenvalue weighted by Gasteiger charge is 2.20. The highest BCUT2D eigenvalue weighted by atomic mass is 32.2. The molecule has 0 aromatic carbocycles. The van der Waals surface area contributed by atoms with Gasteiger partial charge in [0.05, 0.1) is 5.25 Å². The van der Waals surface area contributed by atoms with Gasteiger partial charge in [-0.2, -0.15) is 0 Å². The molecule has 0 saturated carbocycles. The summed E-state index contributed by atoms with van der Waals surface area (Å²) >= 11 is 1.65. The Kier molecular flexibility index (Phi) is 4.17. The van der Waals surface area contributed by atoms with E-state index in [2.05, 4.69) is 27.9 Å². The Hall–Kier alpha value is -1.33. The average Bonchev–Trinajstić information content (AvgIpc) is 2.89. The van der Waals surface area contributed by atoms with E-state index in [1.165, 1.54) is 0 Å². The SMILES string of the molecule is CCC(N)C(Sc1ncc[nH]1)c1cccnc1. The van der Waals surface area contributed by atoms with Gasteiger partial charge >= 0.3 is 0 Å². The van der Waals surface area contributed by atoms with Crippen LogP contribution in [0.2, 0.25) is 0 Å². The molecule has 0 spiro atoms. The smallest absolute Gasteiger partial charge is 0.165 e. The molecule has 90 valence electrons. The minimum Gasteiger partial charge on any atom is -0.340 e. The fourth-order valence-corrected chi connectivity index (χ4v) is 2.74. The largest absolute Gasteiger partial charge is 0.340 e. The highest BCUT2D eigenvalue weighted by Crippen LogP contribution is 2.35. The number of thioether (sulfide) groups is 1. The van der Waals surface area contributed by atoms with Crippen molar-refractivity contribution < 1.29 is 0 Å². The van der Waals surface area contributed by atoms with Crippen molar-refractivity contribution in [3.05, 3.63) is 42.5 Å². The number of hydrogen-bond acceptors (Lipinski definition) is 4. The van der Waals surface area contributed by atoms with E-state index >= 15 is 0 Å². The van der Waals surface area contributed by atoms with E-state index in [-0.39, 0.29) is 11.3 Å². The lowest BCUT2D eigenvalue weighted by Crippen LogP contribution is -2.25. The first kappa shape index (κ1) is 12.1. The molecule has 17 heavy (non-hydrogen) atoms. The fourth-order valence-electron chi connectivity index (χ4n) is 1.60. The van der Waals surface area contributed by atoms with Crippen LogP contribution in [0.3, 0.4) is 0 Å². The zero-order chi connectivity index (χ0) is 12.1. The number of hydrogen-bond donors (Lipinski definition) is 2. The first-order chi connectivity index (χ1) is 8.31. The molecule has 0 radical (unpaired) electrons. The van der Waals surface area contributed by atoms with Crippen LogP contribution in [0.4, 0.5) is 0 Å². The van der Waals surface area contributed by atoms with Crippen molar-refractivity contribution in [1.29, 1.82) is 0 Å². The van der Waals surface area contributed by atoms with Crippen LogP contribution in [-0.2, 0) is 0 Å². The van der Waals surface area contributed by atoms with Gasteiger partial charge in [-0.25, -0.2) is 4.98 Å². The van der Waals surface area contributed by atoms with Crippen molar-refractivity contribution in [3.63, 3.8) is 0 Å². The fraction of sp³-hybridized carbons (Fsp3) is 0.333. The van der Waals surface area contributed by atoms with E-state index in [4.69, 9.17) is 5.73 Å². The maximum atomic E-state index is 6.18. The predicted octanol–water partition coefficient (Wildman–Crippen LogP) is 2.38. The number of nitrogens with one attached hydrogen (secondary N) is 1. The number of nitrogens with two attached hydrogens (primary N) is 1. The normalized spacial score (nSPS) is 14.5. The number of nitrogens with zero attached hydrogens (tertiary/aromatic N) is 2. The molecule has 2 aromatic rings. The van der Waals surface area contributed by atoms with E-state index in [1.807, 2.05) is 18.5 Å². The summed E-state index contributed by atoms with van der Waals surface area (Å²) in [4.78, 5) is 11.5. The van der Waals surface area contributed by atoms with Crippen LogP contribution in [-0.4, -0.2) is 21.0 Å². The lowest BCUT2D eigenvalue weighted by atomic mass is 10.1. The molecular weight excluding hydrogens is 232 g/mol. The minimum atomic E-state index is 0.0919. The zero-order valence-electron chi connectivity index (χ0n) is 9.71. The third-order valence-electron chi connectivity index (χ3n) is 2.58. The number of imidazole rings is 1. The van der Waals surface area contributed by atoms with Gasteiger partial charge in [0.25, 0.3) is 0 Å². The Morgan fingerprint density at radius 2 is 2.35 bits per heavy atom. The molecule has 0 aliphatic carbocycles. The molecule has 0 aliphatic rings.